The molecule has 5 atom stereocenters. The first kappa shape index (κ1) is 88.1. The summed E-state index contributed by atoms with van der Waals surface area (Å²) in [6, 6.07) is 0. The highest BCUT2D eigenvalue weighted by atomic mass is 31.2. The third-order valence-corrected chi connectivity index (χ3v) is 18.5. The minimum absolute atomic E-state index is 0.107. The highest BCUT2D eigenvalue weighted by Crippen LogP contribution is 2.45. The van der Waals surface area contributed by atoms with Crippen molar-refractivity contribution in [2.24, 2.45) is 0 Å². The van der Waals surface area contributed by atoms with Crippen LogP contribution in [-0.2, 0) is 65.4 Å². The molecule has 0 saturated heterocycles. The SMILES string of the molecule is CCCCCCCCCCCCCCCCCCCCCC(=O)O[C@H](COC(=O)CCCCCCCCCCCCC)COP(=O)(O)OC[C@@H](O)COP(=O)(O)OC[C@@H](COC(=O)CCCCCCCCCCCC)OC(=O)CCCCCCCCCCCC. The standard InChI is InChI=1S/C71H138O17P2/c1-5-9-13-17-21-25-29-30-31-32-33-34-35-36-38-42-46-50-54-58-71(76)88-67(62-82-69(74)56-52-48-44-41-37-26-22-18-14-10-6-2)64-86-90(79,80)84-60-65(72)59-83-89(77,78)85-63-66(87-70(75)57-53-49-45-40-28-24-20-16-12-8-4)61-81-68(73)55-51-47-43-39-27-23-19-15-11-7-3/h65-67,72H,5-64H2,1-4H3,(H,77,78)(H,79,80)/t65-,66+,67+/m0/s1. The summed E-state index contributed by atoms with van der Waals surface area (Å²) in [5.41, 5.74) is 0. The maximum absolute atomic E-state index is 13.0. The first-order chi connectivity index (χ1) is 43.7. The number of esters is 4. The molecular formula is C71H138O17P2. The van der Waals surface area contributed by atoms with E-state index >= 15 is 0 Å². The van der Waals surface area contributed by atoms with Crippen molar-refractivity contribution in [1.82, 2.24) is 0 Å². The van der Waals surface area contributed by atoms with Crippen molar-refractivity contribution in [3.63, 3.8) is 0 Å². The fourth-order valence-electron chi connectivity index (χ4n) is 10.9. The molecule has 90 heavy (non-hydrogen) atoms. The summed E-state index contributed by atoms with van der Waals surface area (Å²) >= 11 is 0. The van der Waals surface area contributed by atoms with Crippen LogP contribution in [0.4, 0.5) is 0 Å². The van der Waals surface area contributed by atoms with Gasteiger partial charge in [-0.15, -0.1) is 0 Å². The number of carbonyl (C=O) groups excluding carboxylic acids is 4. The predicted octanol–water partition coefficient (Wildman–Crippen LogP) is 20.7. The second-order valence-corrected chi connectivity index (χ2v) is 28.5. The monoisotopic (exact) mass is 1320 g/mol. The number of carbonyl (C=O) groups is 4. The average Bonchev–Trinajstić information content (AvgIpc) is 3.08. The first-order valence-electron chi connectivity index (χ1n) is 37.3. The molecule has 3 N–H and O–H groups in total. The topological polar surface area (TPSA) is 237 Å². The van der Waals surface area contributed by atoms with Crippen molar-refractivity contribution in [3.8, 4) is 0 Å². The van der Waals surface area contributed by atoms with Crippen molar-refractivity contribution >= 4 is 39.5 Å². The fraction of sp³-hybridized carbons (Fsp3) is 0.944. The van der Waals surface area contributed by atoms with Gasteiger partial charge >= 0.3 is 39.5 Å². The van der Waals surface area contributed by atoms with Crippen LogP contribution in [0.1, 0.15) is 374 Å². The zero-order chi connectivity index (χ0) is 66.1. The van der Waals surface area contributed by atoms with Gasteiger partial charge in [0.05, 0.1) is 26.4 Å². The van der Waals surface area contributed by atoms with E-state index < -0.39 is 97.5 Å². The molecule has 19 heteroatoms. The molecule has 0 amide bonds. The van der Waals surface area contributed by atoms with Gasteiger partial charge in [-0.25, -0.2) is 9.13 Å². The van der Waals surface area contributed by atoms with Gasteiger partial charge in [0.25, 0.3) is 0 Å². The zero-order valence-electron chi connectivity index (χ0n) is 58.1. The van der Waals surface area contributed by atoms with Crippen molar-refractivity contribution in [2.45, 2.75) is 393 Å². The van der Waals surface area contributed by atoms with E-state index in [0.29, 0.717) is 25.7 Å². The second kappa shape index (κ2) is 65.7. The number of aliphatic hydroxyl groups is 1. The number of phosphoric acid groups is 2. The van der Waals surface area contributed by atoms with Gasteiger partial charge in [-0.3, -0.25) is 37.3 Å². The van der Waals surface area contributed by atoms with Gasteiger partial charge in [0.2, 0.25) is 0 Å². The summed E-state index contributed by atoms with van der Waals surface area (Å²) in [5.74, 6) is -2.12. The van der Waals surface area contributed by atoms with Crippen LogP contribution >= 0.6 is 15.6 Å². The number of aliphatic hydroxyl groups excluding tert-OH is 1. The molecule has 0 aromatic rings. The van der Waals surface area contributed by atoms with Gasteiger partial charge in [0, 0.05) is 25.7 Å². The van der Waals surface area contributed by atoms with Crippen molar-refractivity contribution in [3.05, 3.63) is 0 Å². The normalized spacial score (nSPS) is 14.0. The van der Waals surface area contributed by atoms with Gasteiger partial charge in [-0.05, 0) is 25.7 Å². The van der Waals surface area contributed by atoms with Crippen LogP contribution in [0, 0.1) is 0 Å². The molecule has 0 aliphatic heterocycles. The van der Waals surface area contributed by atoms with Crippen LogP contribution < -0.4 is 0 Å². The fourth-order valence-corrected chi connectivity index (χ4v) is 12.4. The molecule has 0 spiro atoms. The maximum atomic E-state index is 13.0. The number of hydrogen-bond acceptors (Lipinski definition) is 15. The summed E-state index contributed by atoms with van der Waals surface area (Å²) in [7, 11) is -9.89. The van der Waals surface area contributed by atoms with E-state index in [9.17, 15) is 43.2 Å². The van der Waals surface area contributed by atoms with E-state index in [4.69, 9.17) is 37.0 Å². The van der Waals surface area contributed by atoms with E-state index in [0.717, 1.165) is 89.9 Å². The van der Waals surface area contributed by atoms with Crippen LogP contribution in [0.5, 0.6) is 0 Å². The molecule has 0 radical (unpaired) electrons. The van der Waals surface area contributed by atoms with E-state index in [1.165, 1.54) is 205 Å². The molecule has 0 aromatic heterocycles. The second-order valence-electron chi connectivity index (χ2n) is 25.6. The maximum Gasteiger partial charge on any atom is 0.472 e. The van der Waals surface area contributed by atoms with E-state index in [1.54, 1.807) is 0 Å². The molecule has 0 fully saturated rings. The quantitative estimate of drug-likeness (QED) is 0.0222. The Bertz CT molecular complexity index is 1720. The molecule has 534 valence electrons. The summed E-state index contributed by atoms with van der Waals surface area (Å²) < 4.78 is 68.3. The summed E-state index contributed by atoms with van der Waals surface area (Å²) in [6.45, 7) is 4.93. The lowest BCUT2D eigenvalue weighted by Gasteiger charge is -2.21. The highest BCUT2D eigenvalue weighted by molar-refractivity contribution is 7.47. The lowest BCUT2D eigenvalue weighted by molar-refractivity contribution is -0.161. The highest BCUT2D eigenvalue weighted by Gasteiger charge is 2.30. The number of unbranched alkanes of at least 4 members (excludes halogenated alkanes) is 46. The van der Waals surface area contributed by atoms with Gasteiger partial charge in [0.1, 0.15) is 19.3 Å². The Labute approximate surface area is 549 Å². The summed E-state index contributed by atoms with van der Waals surface area (Å²) in [6.07, 6.45) is 54.0. The van der Waals surface area contributed by atoms with Crippen molar-refractivity contribution < 1.29 is 80.2 Å². The minimum Gasteiger partial charge on any atom is -0.462 e. The molecule has 0 heterocycles. The van der Waals surface area contributed by atoms with E-state index in [2.05, 4.69) is 27.7 Å². The number of phosphoric ester groups is 2. The summed E-state index contributed by atoms with van der Waals surface area (Å²) in [5, 5.41) is 10.6. The molecule has 17 nitrogen and oxygen atoms in total. The van der Waals surface area contributed by atoms with Crippen LogP contribution in [0.3, 0.4) is 0 Å². The Kier molecular flexibility index (Phi) is 64.3. The molecule has 0 aliphatic rings. The van der Waals surface area contributed by atoms with E-state index in [-0.39, 0.29) is 25.7 Å². The first-order valence-corrected chi connectivity index (χ1v) is 40.3. The van der Waals surface area contributed by atoms with Crippen LogP contribution in [0.15, 0.2) is 0 Å². The molecular weight excluding hydrogens is 1190 g/mol. The Morgan fingerprint density at radius 1 is 0.267 bits per heavy atom. The van der Waals surface area contributed by atoms with Gasteiger partial charge < -0.3 is 33.8 Å². The molecule has 0 aliphatic carbocycles. The lowest BCUT2D eigenvalue weighted by Crippen LogP contribution is -2.30. The predicted molar refractivity (Wildman–Crippen MR) is 363 cm³/mol. The molecule has 0 aromatic carbocycles. The largest absolute Gasteiger partial charge is 0.472 e. The van der Waals surface area contributed by atoms with Crippen LogP contribution in [-0.4, -0.2) is 96.7 Å². The third kappa shape index (κ3) is 64.8. The van der Waals surface area contributed by atoms with Gasteiger partial charge in [0.15, 0.2) is 12.2 Å². The number of ether oxygens (including phenoxy) is 4. The Balaban J connectivity index is 5.18. The average molecular weight is 1330 g/mol. The summed E-state index contributed by atoms with van der Waals surface area (Å²) in [4.78, 5) is 72.5. The van der Waals surface area contributed by atoms with Crippen LogP contribution in [0.2, 0.25) is 0 Å². The number of hydrogen-bond donors (Lipinski definition) is 3. The molecule has 0 rings (SSSR count). The van der Waals surface area contributed by atoms with Gasteiger partial charge in [-0.2, -0.15) is 0 Å². The van der Waals surface area contributed by atoms with Crippen molar-refractivity contribution in [1.29, 1.82) is 0 Å². The smallest absolute Gasteiger partial charge is 0.462 e. The number of rotatable bonds is 72. The molecule has 0 saturated carbocycles. The van der Waals surface area contributed by atoms with E-state index in [1.807, 2.05) is 0 Å². The van der Waals surface area contributed by atoms with Crippen LogP contribution in [0.25, 0.3) is 0 Å². The zero-order valence-corrected chi connectivity index (χ0v) is 59.9. The molecule has 0 bridgehead atoms. The Morgan fingerprint density at radius 3 is 0.656 bits per heavy atom. The lowest BCUT2D eigenvalue weighted by atomic mass is 10.0. The molecule has 2 unspecified atom stereocenters. The Hall–Kier alpha value is -1.94. The Morgan fingerprint density at radius 2 is 0.444 bits per heavy atom. The van der Waals surface area contributed by atoms with Crippen molar-refractivity contribution in [2.75, 3.05) is 39.6 Å². The van der Waals surface area contributed by atoms with Gasteiger partial charge in [-0.1, -0.05) is 323 Å². The third-order valence-electron chi connectivity index (χ3n) is 16.6. The minimum atomic E-state index is -4.95.